The molecule has 2 aromatic rings. The maximum absolute atomic E-state index is 12.6. The van der Waals surface area contributed by atoms with Crippen molar-refractivity contribution in [1.82, 2.24) is 15.6 Å². The Kier molecular flexibility index (Phi) is 5.78. The lowest BCUT2D eigenvalue weighted by atomic mass is 9.49. The molecule has 6 rings (SSSR count). The molecule has 6 nitrogen and oxygen atoms in total. The number of nitrogens with one attached hydrogen (secondary N) is 2. The van der Waals surface area contributed by atoms with Gasteiger partial charge in [-0.25, -0.2) is 4.98 Å². The van der Waals surface area contributed by atoms with E-state index in [1.165, 1.54) is 44.1 Å². The Bertz CT molecular complexity index is 943. The van der Waals surface area contributed by atoms with Gasteiger partial charge in [0.25, 0.3) is 0 Å². The molecule has 2 amide bonds. The minimum atomic E-state index is -0.161. The molecule has 4 aliphatic rings. The average Bonchev–Trinajstić information content (AvgIpc) is 3.20. The predicted molar refractivity (Wildman–Crippen MR) is 122 cm³/mol. The molecule has 4 aliphatic carbocycles. The van der Waals surface area contributed by atoms with E-state index in [1.807, 2.05) is 31.2 Å². The van der Waals surface area contributed by atoms with Crippen LogP contribution in [0, 0.1) is 30.1 Å². The first-order valence-electron chi connectivity index (χ1n) is 12.0. The van der Waals surface area contributed by atoms with Crippen LogP contribution in [-0.2, 0) is 16.0 Å². The molecule has 0 atom stereocenters. The number of carbonyl (C=O) groups is 2. The van der Waals surface area contributed by atoms with Gasteiger partial charge >= 0.3 is 0 Å². The van der Waals surface area contributed by atoms with Crippen LogP contribution in [0.15, 0.2) is 34.9 Å². The second kappa shape index (κ2) is 8.72. The number of hydrogen-bond acceptors (Lipinski definition) is 4. The second-order valence-electron chi connectivity index (χ2n) is 10.5. The van der Waals surface area contributed by atoms with Crippen LogP contribution in [0.3, 0.4) is 0 Å². The highest BCUT2D eigenvalue weighted by molar-refractivity contribution is 5.84. The fourth-order valence-corrected chi connectivity index (χ4v) is 6.73. The van der Waals surface area contributed by atoms with Gasteiger partial charge in [0.05, 0.1) is 12.2 Å². The SMILES string of the molecule is Cc1ccc(-c2nc(CCNC(=O)CNC(=O)CC34CC5CC(CC(C5)C3)C4)co2)cc1. The third-order valence-corrected chi connectivity index (χ3v) is 7.70. The number of aromatic nitrogens is 1. The van der Waals surface area contributed by atoms with E-state index in [9.17, 15) is 9.59 Å². The van der Waals surface area contributed by atoms with Crippen molar-refractivity contribution in [1.29, 1.82) is 0 Å². The first kappa shape index (κ1) is 21.2. The smallest absolute Gasteiger partial charge is 0.239 e. The van der Waals surface area contributed by atoms with Crippen molar-refractivity contribution in [3.05, 3.63) is 41.8 Å². The predicted octanol–water partition coefficient (Wildman–Crippen LogP) is 4.03. The van der Waals surface area contributed by atoms with Gasteiger partial charge in [-0.15, -0.1) is 0 Å². The van der Waals surface area contributed by atoms with Gasteiger partial charge in [0.1, 0.15) is 6.26 Å². The van der Waals surface area contributed by atoms with Crippen molar-refractivity contribution in [2.75, 3.05) is 13.1 Å². The number of carbonyl (C=O) groups excluding carboxylic acids is 2. The van der Waals surface area contributed by atoms with E-state index in [2.05, 4.69) is 15.6 Å². The fraction of sp³-hybridized carbons (Fsp3) is 0.577. The Hall–Kier alpha value is -2.63. The molecule has 32 heavy (non-hydrogen) atoms. The van der Waals surface area contributed by atoms with Crippen LogP contribution in [0.2, 0.25) is 0 Å². The van der Waals surface area contributed by atoms with Crippen LogP contribution < -0.4 is 10.6 Å². The number of aryl methyl sites for hydroxylation is 1. The van der Waals surface area contributed by atoms with Crippen molar-refractivity contribution in [2.45, 2.75) is 58.3 Å². The molecule has 2 N–H and O–H groups in total. The Balaban J connectivity index is 1.03. The maximum atomic E-state index is 12.6. The minimum absolute atomic E-state index is 0.0290. The number of nitrogens with zero attached hydrogens (tertiary/aromatic N) is 1. The molecule has 1 aromatic heterocycles. The van der Waals surface area contributed by atoms with Crippen LogP contribution >= 0.6 is 0 Å². The van der Waals surface area contributed by atoms with E-state index in [0.29, 0.717) is 25.3 Å². The van der Waals surface area contributed by atoms with Crippen LogP contribution in [0.4, 0.5) is 0 Å². The van der Waals surface area contributed by atoms with E-state index in [0.717, 1.165) is 29.0 Å². The minimum Gasteiger partial charge on any atom is -0.444 e. The summed E-state index contributed by atoms with van der Waals surface area (Å²) in [7, 11) is 0. The molecule has 6 heteroatoms. The second-order valence-corrected chi connectivity index (χ2v) is 10.5. The fourth-order valence-electron chi connectivity index (χ4n) is 6.73. The van der Waals surface area contributed by atoms with Crippen molar-refractivity contribution in [3.63, 3.8) is 0 Å². The first-order chi connectivity index (χ1) is 15.5. The summed E-state index contributed by atoms with van der Waals surface area (Å²) in [5.41, 5.74) is 3.13. The molecule has 0 unspecified atom stereocenters. The van der Waals surface area contributed by atoms with Gasteiger partial charge in [0, 0.05) is 24.9 Å². The highest BCUT2D eigenvalue weighted by atomic mass is 16.3. The molecule has 1 heterocycles. The number of benzene rings is 1. The standard InChI is InChI=1S/C26H33N3O3/c1-17-2-4-21(5-3-17)25-29-22(16-32-25)6-7-27-24(31)15-28-23(30)14-26-11-18-8-19(12-26)10-20(9-18)13-26/h2-5,16,18-20H,6-15H2,1H3,(H,27,31)(H,28,30). The number of amides is 2. The van der Waals surface area contributed by atoms with Crippen LogP contribution in [0.5, 0.6) is 0 Å². The molecule has 0 saturated heterocycles. The topological polar surface area (TPSA) is 84.2 Å². The molecule has 0 spiro atoms. The normalized spacial score (nSPS) is 28.0. The van der Waals surface area contributed by atoms with Crippen molar-refractivity contribution in [2.24, 2.45) is 23.2 Å². The zero-order valence-corrected chi connectivity index (χ0v) is 18.9. The van der Waals surface area contributed by atoms with E-state index in [1.54, 1.807) is 6.26 Å². The molecule has 0 aliphatic heterocycles. The van der Waals surface area contributed by atoms with Crippen molar-refractivity contribution >= 4 is 11.8 Å². The summed E-state index contributed by atoms with van der Waals surface area (Å²) < 4.78 is 5.56. The van der Waals surface area contributed by atoms with Crippen LogP contribution in [0.1, 0.15) is 56.2 Å². The Morgan fingerprint density at radius 3 is 2.31 bits per heavy atom. The van der Waals surface area contributed by atoms with Crippen LogP contribution in [0.25, 0.3) is 11.5 Å². The van der Waals surface area contributed by atoms with Crippen molar-refractivity contribution < 1.29 is 14.0 Å². The summed E-state index contributed by atoms with van der Waals surface area (Å²) in [5, 5.41) is 5.72. The molecule has 4 fully saturated rings. The molecule has 4 saturated carbocycles. The van der Waals surface area contributed by atoms with Gasteiger partial charge in [-0.05, 0) is 80.8 Å². The van der Waals surface area contributed by atoms with E-state index < -0.39 is 0 Å². The largest absolute Gasteiger partial charge is 0.444 e. The van der Waals surface area contributed by atoms with Gasteiger partial charge in [-0.2, -0.15) is 0 Å². The third kappa shape index (κ3) is 4.74. The lowest BCUT2D eigenvalue weighted by Crippen LogP contribution is -2.48. The van der Waals surface area contributed by atoms with Gasteiger partial charge in [-0.3, -0.25) is 9.59 Å². The zero-order valence-electron chi connectivity index (χ0n) is 18.9. The average molecular weight is 436 g/mol. The highest BCUT2D eigenvalue weighted by Crippen LogP contribution is 2.61. The summed E-state index contributed by atoms with van der Waals surface area (Å²) >= 11 is 0. The highest BCUT2D eigenvalue weighted by Gasteiger charge is 2.51. The van der Waals surface area contributed by atoms with Gasteiger partial charge in [0.2, 0.25) is 17.7 Å². The Morgan fingerprint density at radius 2 is 1.66 bits per heavy atom. The number of oxazole rings is 1. The Labute approximate surface area is 189 Å². The summed E-state index contributed by atoms with van der Waals surface area (Å²) in [6.45, 7) is 2.54. The summed E-state index contributed by atoms with van der Waals surface area (Å²) in [6, 6.07) is 8.02. The molecular weight excluding hydrogens is 402 g/mol. The molecule has 4 bridgehead atoms. The maximum Gasteiger partial charge on any atom is 0.239 e. The van der Waals surface area contributed by atoms with E-state index in [-0.39, 0.29) is 23.8 Å². The Morgan fingerprint density at radius 1 is 1.00 bits per heavy atom. The molecule has 0 radical (unpaired) electrons. The molecule has 170 valence electrons. The molecule has 1 aromatic carbocycles. The van der Waals surface area contributed by atoms with E-state index >= 15 is 0 Å². The van der Waals surface area contributed by atoms with Crippen molar-refractivity contribution in [3.8, 4) is 11.5 Å². The van der Waals surface area contributed by atoms with E-state index in [4.69, 9.17) is 4.42 Å². The quantitative estimate of drug-likeness (QED) is 0.656. The summed E-state index contributed by atoms with van der Waals surface area (Å²) in [6.07, 6.45) is 10.6. The van der Waals surface area contributed by atoms with Gasteiger partial charge in [0.15, 0.2) is 0 Å². The summed E-state index contributed by atoms with van der Waals surface area (Å²) in [5.74, 6) is 2.96. The lowest BCUT2D eigenvalue weighted by molar-refractivity contribution is -0.131. The van der Waals surface area contributed by atoms with Crippen LogP contribution in [-0.4, -0.2) is 29.9 Å². The number of hydrogen-bond donors (Lipinski definition) is 2. The zero-order chi connectivity index (χ0) is 22.1. The number of rotatable bonds is 8. The lowest BCUT2D eigenvalue weighted by Gasteiger charge is -2.56. The third-order valence-electron chi connectivity index (χ3n) is 7.70. The van der Waals surface area contributed by atoms with Gasteiger partial charge in [-0.1, -0.05) is 17.7 Å². The van der Waals surface area contributed by atoms with Gasteiger partial charge < -0.3 is 15.1 Å². The summed E-state index contributed by atoms with van der Waals surface area (Å²) in [4.78, 5) is 29.3. The molecular formula is C26H33N3O3. The first-order valence-corrected chi connectivity index (χ1v) is 12.0. The monoisotopic (exact) mass is 435 g/mol.